The second kappa shape index (κ2) is 2.94. The second-order valence-corrected chi connectivity index (χ2v) is 4.12. The molecule has 1 rings (SSSR count). The van der Waals surface area contributed by atoms with Crippen molar-refractivity contribution in [3.05, 3.63) is 0 Å². The van der Waals surface area contributed by atoms with Gasteiger partial charge in [0.05, 0.1) is 0 Å². The average molecular weight is 178 g/mol. The van der Waals surface area contributed by atoms with Crippen molar-refractivity contribution in [2.24, 2.45) is 11.8 Å². The van der Waals surface area contributed by atoms with Crippen LogP contribution < -0.4 is 0 Å². The van der Waals surface area contributed by atoms with E-state index in [0.717, 1.165) is 0 Å². The fourth-order valence-electron chi connectivity index (χ4n) is 1.81. The van der Waals surface area contributed by atoms with Crippen molar-refractivity contribution < 1.29 is 9.50 Å². The van der Waals surface area contributed by atoms with E-state index in [9.17, 15) is 4.39 Å². The lowest BCUT2D eigenvalue weighted by atomic mass is 9.83. The van der Waals surface area contributed by atoms with Crippen LogP contribution in [0.1, 0.15) is 13.3 Å². The third-order valence-corrected chi connectivity index (χ3v) is 3.58. The maximum atomic E-state index is 13.5. The molecule has 11 heavy (non-hydrogen) atoms. The second-order valence-electron chi connectivity index (χ2n) is 3.54. The molecule has 1 aliphatic carbocycles. The van der Waals surface area contributed by atoms with Gasteiger partial charge in [0.1, 0.15) is 7.85 Å². The van der Waals surface area contributed by atoms with Gasteiger partial charge >= 0.3 is 0 Å². The van der Waals surface area contributed by atoms with Crippen molar-refractivity contribution in [3.8, 4) is 0 Å². The van der Waals surface area contributed by atoms with Crippen molar-refractivity contribution in [1.29, 1.82) is 0 Å². The Morgan fingerprint density at radius 1 is 1.82 bits per heavy atom. The van der Waals surface area contributed by atoms with Gasteiger partial charge in [-0.25, -0.2) is 4.39 Å². The predicted octanol–water partition coefficient (Wildman–Crippen LogP) is 0.961. The molecule has 0 aliphatic heterocycles. The summed E-state index contributed by atoms with van der Waals surface area (Å²) in [5, 5.41) is 7.26. The van der Waals surface area contributed by atoms with Gasteiger partial charge in [-0.1, -0.05) is 18.5 Å². The van der Waals surface area contributed by atoms with Crippen LogP contribution >= 0.6 is 11.6 Å². The van der Waals surface area contributed by atoms with Gasteiger partial charge in [0.15, 0.2) is 5.13 Å². The number of hydrogen-bond donors (Lipinski definition) is 1. The molecule has 0 unspecified atom stereocenters. The van der Waals surface area contributed by atoms with Gasteiger partial charge < -0.3 is 5.11 Å². The highest BCUT2D eigenvalue weighted by molar-refractivity contribution is 6.29. The van der Waals surface area contributed by atoms with E-state index in [4.69, 9.17) is 16.7 Å². The molecule has 0 aromatic heterocycles. The summed E-state index contributed by atoms with van der Waals surface area (Å²) in [4.78, 5) is 0. The van der Waals surface area contributed by atoms with Crippen molar-refractivity contribution in [2.45, 2.75) is 24.3 Å². The normalized spacial score (nSPS) is 51.5. The molecular weight excluding hydrogens is 165 g/mol. The zero-order valence-electron chi connectivity index (χ0n) is 6.85. The minimum Gasteiger partial charge on any atom is -0.396 e. The molecule has 0 aromatic rings. The summed E-state index contributed by atoms with van der Waals surface area (Å²) in [6.45, 7) is 1.81. The van der Waals surface area contributed by atoms with E-state index >= 15 is 0 Å². The molecule has 64 valence electrons. The number of aliphatic hydroxyl groups excluding tert-OH is 1. The molecule has 0 amide bonds. The molecule has 1 saturated carbocycles. The number of hydrogen-bond acceptors (Lipinski definition) is 1. The number of halogens is 2. The Bertz CT molecular complexity index is 153. The van der Waals surface area contributed by atoms with Crippen LogP contribution in [0, 0.1) is 11.8 Å². The molecule has 0 bridgehead atoms. The van der Waals surface area contributed by atoms with Crippen LogP contribution in [0.15, 0.2) is 0 Å². The molecule has 1 N–H and O–H groups in total. The maximum absolute atomic E-state index is 13.5. The van der Waals surface area contributed by atoms with Gasteiger partial charge in [0, 0.05) is 12.5 Å². The quantitative estimate of drug-likeness (QED) is 0.468. The Kier molecular flexibility index (Phi) is 2.50. The lowest BCUT2D eigenvalue weighted by molar-refractivity contribution is 0.151. The van der Waals surface area contributed by atoms with Crippen molar-refractivity contribution in [1.82, 2.24) is 0 Å². The first-order valence-electron chi connectivity index (χ1n) is 3.98. The third kappa shape index (κ3) is 1.41. The highest BCUT2D eigenvalue weighted by Crippen LogP contribution is 2.51. The van der Waals surface area contributed by atoms with Crippen LogP contribution in [-0.2, 0) is 0 Å². The number of rotatable bonds is 1. The fourth-order valence-corrected chi connectivity index (χ4v) is 2.08. The Morgan fingerprint density at radius 3 is 2.55 bits per heavy atom. The molecule has 0 heterocycles. The Hall–Kier alpha value is 0.245. The Labute approximate surface area is 72.3 Å². The molecule has 4 atom stereocenters. The topological polar surface area (TPSA) is 20.2 Å². The van der Waals surface area contributed by atoms with E-state index in [-0.39, 0.29) is 24.3 Å². The summed E-state index contributed by atoms with van der Waals surface area (Å²) >= 11 is 5.66. The van der Waals surface area contributed by atoms with Gasteiger partial charge in [-0.05, 0) is 18.2 Å². The smallest absolute Gasteiger partial charge is 0.182 e. The molecule has 0 spiro atoms. The largest absolute Gasteiger partial charge is 0.396 e. The molecule has 1 fully saturated rings. The summed E-state index contributed by atoms with van der Waals surface area (Å²) in [6, 6.07) is 0. The Balaban J connectivity index is 2.71. The van der Waals surface area contributed by atoms with Gasteiger partial charge in [0.25, 0.3) is 0 Å². The number of alkyl halides is 2. The maximum Gasteiger partial charge on any atom is 0.182 e. The summed E-state index contributed by atoms with van der Waals surface area (Å²) in [7, 11) is 1.79. The molecular formula is C7H13BClFO. The summed E-state index contributed by atoms with van der Waals surface area (Å²) in [6.07, 6.45) is 0.692. The van der Waals surface area contributed by atoms with E-state index in [1.54, 1.807) is 14.8 Å². The minimum absolute atomic E-state index is 0.0347. The zero-order valence-corrected chi connectivity index (χ0v) is 7.61. The van der Waals surface area contributed by atoms with Gasteiger partial charge in [-0.15, -0.1) is 0 Å². The van der Waals surface area contributed by atoms with E-state index in [1.807, 2.05) is 0 Å². The van der Waals surface area contributed by atoms with Crippen molar-refractivity contribution in [2.75, 3.05) is 6.61 Å². The van der Waals surface area contributed by atoms with Crippen LogP contribution in [0.5, 0.6) is 0 Å². The SMILES string of the molecule is B[C@@H]1C[C@H](CO)[C@@H](C)[C@]1(F)Cl. The monoisotopic (exact) mass is 178 g/mol. The molecule has 1 nitrogen and oxygen atoms in total. The van der Waals surface area contributed by atoms with Gasteiger partial charge in [-0.3, -0.25) is 0 Å². The van der Waals surface area contributed by atoms with Gasteiger partial charge in [-0.2, -0.15) is 0 Å². The standard InChI is InChI=1S/C7H13BClFO/c1-4-5(3-11)2-6(8)7(4,9)10/h4-6,11H,2-3,8H2,1H3/t4-,5-,6-,7-/m1/s1. The average Bonchev–Trinajstić information content (AvgIpc) is 2.14. The molecule has 1 aliphatic rings. The van der Waals surface area contributed by atoms with Crippen LogP contribution in [0.3, 0.4) is 0 Å². The summed E-state index contributed by atoms with van der Waals surface area (Å²) in [5.74, 6) is -0.340. The molecule has 4 heteroatoms. The minimum atomic E-state index is -1.60. The van der Waals surface area contributed by atoms with E-state index in [0.29, 0.717) is 6.42 Å². The highest BCUT2D eigenvalue weighted by Gasteiger charge is 2.49. The lowest BCUT2D eigenvalue weighted by Gasteiger charge is -2.22. The third-order valence-electron chi connectivity index (χ3n) is 2.86. The van der Waals surface area contributed by atoms with Crippen molar-refractivity contribution >= 4 is 19.4 Å². The van der Waals surface area contributed by atoms with E-state index < -0.39 is 5.13 Å². The van der Waals surface area contributed by atoms with Gasteiger partial charge in [0.2, 0.25) is 0 Å². The van der Waals surface area contributed by atoms with Crippen LogP contribution in [0.4, 0.5) is 4.39 Å². The zero-order chi connectivity index (χ0) is 8.65. The first-order chi connectivity index (χ1) is 5.00. The van der Waals surface area contributed by atoms with Crippen molar-refractivity contribution in [3.63, 3.8) is 0 Å². The first-order valence-corrected chi connectivity index (χ1v) is 4.36. The van der Waals surface area contributed by atoms with E-state index in [1.165, 1.54) is 0 Å². The fraction of sp³-hybridized carbons (Fsp3) is 1.00. The van der Waals surface area contributed by atoms with Crippen LogP contribution in [-0.4, -0.2) is 24.7 Å². The van der Waals surface area contributed by atoms with E-state index in [2.05, 4.69) is 0 Å². The summed E-state index contributed by atoms with van der Waals surface area (Å²) < 4.78 is 13.5. The molecule has 0 aromatic carbocycles. The predicted molar refractivity (Wildman–Crippen MR) is 46.3 cm³/mol. The molecule has 0 saturated heterocycles. The van der Waals surface area contributed by atoms with Crippen LogP contribution in [0.25, 0.3) is 0 Å². The first kappa shape index (κ1) is 9.33. The Morgan fingerprint density at radius 2 is 2.36 bits per heavy atom. The molecule has 0 radical (unpaired) electrons. The lowest BCUT2D eigenvalue weighted by Crippen LogP contribution is -2.25. The summed E-state index contributed by atoms with van der Waals surface area (Å²) in [5.41, 5.74) is 0. The van der Waals surface area contributed by atoms with Crippen LogP contribution in [0.2, 0.25) is 5.82 Å². The highest BCUT2D eigenvalue weighted by atomic mass is 35.5. The number of aliphatic hydroxyl groups is 1.